The molecule has 4 aromatic carbocycles. The summed E-state index contributed by atoms with van der Waals surface area (Å²) < 4.78 is 101. The third-order valence-electron chi connectivity index (χ3n) is 6.16. The van der Waals surface area contributed by atoms with Crippen LogP contribution in [-0.2, 0) is 27.5 Å². The van der Waals surface area contributed by atoms with E-state index in [4.69, 9.17) is 23.1 Å². The molecule has 20 nitrogen and oxygen atoms in total. The number of nitrogen functional groups attached to an aromatic ring is 2. The van der Waals surface area contributed by atoms with Gasteiger partial charge in [-0.2, -0.15) is 15.0 Å². The van der Waals surface area contributed by atoms with Gasteiger partial charge in [-0.25, -0.2) is 0 Å². The van der Waals surface area contributed by atoms with Crippen molar-refractivity contribution < 1.29 is 63.8 Å². The summed E-state index contributed by atoms with van der Waals surface area (Å²) in [5, 5.41) is 28.8. The van der Waals surface area contributed by atoms with Crippen molar-refractivity contribution in [2.75, 3.05) is 16.8 Å². The molecule has 0 saturated carbocycles. The van der Waals surface area contributed by atoms with Gasteiger partial charge in [-0.15, -0.1) is 0 Å². The van der Waals surface area contributed by atoms with Crippen LogP contribution in [0.5, 0.6) is 5.75 Å². The molecule has 1 heterocycles. The average Bonchev–Trinajstić information content (AvgIpc) is 2.98. The molecule has 0 aliphatic carbocycles. The molecule has 0 atom stereocenters. The van der Waals surface area contributed by atoms with Crippen molar-refractivity contribution in [1.29, 1.82) is 0 Å². The first-order chi connectivity index (χ1) is 23.3. The van der Waals surface area contributed by atoms with E-state index in [1.807, 2.05) is 0 Å². The molecule has 5 rings (SSSR count). The maximum Gasteiger partial charge on any atom is -0.177 e. The summed E-state index contributed by atoms with van der Waals surface area (Å²) in [5.41, 5.74) is 10.2. The topological polar surface area (TPSA) is 336 Å². The summed E-state index contributed by atoms with van der Waals surface area (Å²) in [6, 6.07) is 12.6. The number of halogens is 2. The fourth-order valence-corrected chi connectivity index (χ4v) is 9.54. The van der Waals surface area contributed by atoms with Crippen LogP contribution in [0.25, 0.3) is 10.8 Å². The summed E-state index contributed by atoms with van der Waals surface area (Å²) in [7, 11) is -14.6. The second-order valence-electron chi connectivity index (χ2n) is 9.56. The number of fused-ring (bicyclic) bond motifs is 1. The number of azo groups is 2. The van der Waals surface area contributed by atoms with Gasteiger partial charge in [0.15, 0.2) is 0 Å². The summed E-state index contributed by atoms with van der Waals surface area (Å²) >= 11 is 3.40. The molecule has 0 unspecified atom stereocenters. The SMILES string of the molecule is Nc1nc(Cl)nc(Nc2cccc(N=Nc3c(S(=O)(=O)O)cc4cc([I-]S(=O)(=O)O)c(N=Nc5ccccc5S(=O)(=O)O)c(N)c4c3O)c2)n1. The fraction of sp³-hybridized carbons (Fsp3) is 0. The number of anilines is 4. The number of hydrogen-bond acceptors (Lipinski definition) is 17. The fourth-order valence-electron chi connectivity index (χ4n) is 4.23. The van der Waals surface area contributed by atoms with Crippen LogP contribution < -0.4 is 36.6 Å². The van der Waals surface area contributed by atoms with Crippen LogP contribution >= 0.6 is 11.6 Å². The predicted octanol–water partition coefficient (Wildman–Crippen LogP) is 1.68. The van der Waals surface area contributed by atoms with Crippen molar-refractivity contribution in [2.24, 2.45) is 20.5 Å². The number of aromatic nitrogens is 3. The Balaban J connectivity index is 1.67. The average molecular weight is 878 g/mol. The van der Waals surface area contributed by atoms with E-state index in [0.29, 0.717) is 5.69 Å². The predicted molar refractivity (Wildman–Crippen MR) is 174 cm³/mol. The van der Waals surface area contributed by atoms with Gasteiger partial charge in [0.05, 0.1) is 0 Å². The van der Waals surface area contributed by atoms with Crippen LogP contribution in [0.15, 0.2) is 90.9 Å². The molecular formula is C25H19ClIN10O10S3-. The van der Waals surface area contributed by atoms with Gasteiger partial charge in [0.1, 0.15) is 0 Å². The molecular weight excluding hydrogens is 859 g/mol. The second kappa shape index (κ2) is 13.9. The molecule has 0 spiro atoms. The number of benzene rings is 4. The molecule has 5 aromatic rings. The molecule has 0 aliphatic heterocycles. The third kappa shape index (κ3) is 8.53. The number of nitrogens with zero attached hydrogens (tertiary/aromatic N) is 7. The van der Waals surface area contributed by atoms with E-state index < -0.39 is 79.9 Å². The third-order valence-corrected chi connectivity index (χ3v) is 12.4. The Morgan fingerprint density at radius 3 is 2.10 bits per heavy atom. The van der Waals surface area contributed by atoms with Gasteiger partial charge < -0.3 is 5.73 Å². The minimum atomic E-state index is -5.14. The van der Waals surface area contributed by atoms with Crippen LogP contribution in [0.1, 0.15) is 0 Å². The Morgan fingerprint density at radius 2 is 1.44 bits per heavy atom. The summed E-state index contributed by atoms with van der Waals surface area (Å²) in [5.74, 6) is -1.13. The molecule has 0 radical (unpaired) electrons. The number of phenols is 1. The van der Waals surface area contributed by atoms with E-state index in [0.717, 1.165) is 24.3 Å². The maximum absolute atomic E-state index is 12.4. The van der Waals surface area contributed by atoms with Gasteiger partial charge in [0.25, 0.3) is 0 Å². The number of nitrogens with two attached hydrogens (primary N) is 2. The number of nitrogens with one attached hydrogen (secondary N) is 1. The van der Waals surface area contributed by atoms with Gasteiger partial charge in [0.2, 0.25) is 17.2 Å². The molecule has 0 bridgehead atoms. The van der Waals surface area contributed by atoms with Crippen molar-refractivity contribution in [3.05, 3.63) is 69.5 Å². The quantitative estimate of drug-likeness (QED) is 0.0345. The largest absolute Gasteiger partial charge is 0.177 e. The van der Waals surface area contributed by atoms with E-state index in [2.05, 4.69) is 40.7 Å². The van der Waals surface area contributed by atoms with Crippen molar-refractivity contribution in [1.82, 2.24) is 15.0 Å². The van der Waals surface area contributed by atoms with E-state index in [1.54, 1.807) is 6.07 Å². The first-order valence-corrected chi connectivity index (χ1v) is 21.3. The zero-order valence-corrected chi connectivity index (χ0v) is 29.6. The number of rotatable bonds is 10. The van der Waals surface area contributed by atoms with Gasteiger partial charge in [-0.05, 0) is 11.6 Å². The Kier molecular flexibility index (Phi) is 10.2. The maximum atomic E-state index is 12.4. The first-order valence-electron chi connectivity index (χ1n) is 13.0. The van der Waals surface area contributed by atoms with Crippen LogP contribution in [0, 0.1) is 3.57 Å². The minimum Gasteiger partial charge on any atom is -0.177 e. The molecule has 0 fully saturated rings. The van der Waals surface area contributed by atoms with Crippen LogP contribution in [0.2, 0.25) is 5.28 Å². The van der Waals surface area contributed by atoms with Gasteiger partial charge >= 0.3 is 248 Å². The van der Waals surface area contributed by atoms with Crippen molar-refractivity contribution in [3.8, 4) is 5.75 Å². The molecule has 262 valence electrons. The zero-order valence-electron chi connectivity index (χ0n) is 24.3. The molecule has 0 aliphatic rings. The molecule has 25 heteroatoms. The van der Waals surface area contributed by atoms with Gasteiger partial charge in [-0.3, -0.25) is 0 Å². The normalized spacial score (nSPS) is 12.7. The van der Waals surface area contributed by atoms with Crippen LogP contribution in [0.3, 0.4) is 0 Å². The van der Waals surface area contributed by atoms with Crippen molar-refractivity contribution in [3.63, 3.8) is 0 Å². The Hall–Kier alpha value is -4.70. The monoisotopic (exact) mass is 877 g/mol. The molecule has 0 saturated heterocycles. The summed E-state index contributed by atoms with van der Waals surface area (Å²) in [4.78, 5) is 9.81. The number of phenolic OH excluding ortho intramolecular Hbond substituents is 1. The molecule has 9 N–H and O–H groups in total. The Morgan fingerprint density at radius 1 is 0.760 bits per heavy atom. The van der Waals surface area contributed by atoms with Crippen molar-refractivity contribution >= 4 is 95.9 Å². The van der Waals surface area contributed by atoms with E-state index in [-0.39, 0.29) is 42.9 Å². The Bertz CT molecular complexity index is 2570. The van der Waals surface area contributed by atoms with Crippen LogP contribution in [0.4, 0.5) is 46.0 Å². The zero-order chi connectivity index (χ0) is 36.6. The standard InChI is InChI=1S/C25H19ClIN10O10S3/c26-23-31-24(29)33-25(32-23)30-12-4-3-5-13(10-12)34-37-21-17(49(42,43)44)9-11-8-14(27-50(45,46)47)20(19(28)18(11)22(21)38)36-35-15-6-1-2-7-16(15)48(39,40)41/h1-10,38H,28H2,(H,39,40,41)(H,42,43,44)(H,45,46,47)(H3,29,30,31,32,33)/q-1. The first kappa shape index (κ1) is 36.6. The number of hydrogen-bond donors (Lipinski definition) is 7. The second-order valence-corrected chi connectivity index (χ2v) is 19.5. The van der Waals surface area contributed by atoms with Gasteiger partial charge in [0, 0.05) is 0 Å². The molecule has 0 amide bonds. The molecule has 1 aromatic heterocycles. The van der Waals surface area contributed by atoms with E-state index in [1.165, 1.54) is 30.3 Å². The van der Waals surface area contributed by atoms with E-state index in [9.17, 15) is 44.0 Å². The number of aromatic hydroxyl groups is 1. The van der Waals surface area contributed by atoms with Crippen molar-refractivity contribution in [2.45, 2.75) is 9.79 Å². The summed E-state index contributed by atoms with van der Waals surface area (Å²) in [6.45, 7) is 0. The molecule has 50 heavy (non-hydrogen) atoms. The van der Waals surface area contributed by atoms with Gasteiger partial charge in [-0.1, -0.05) is 0 Å². The van der Waals surface area contributed by atoms with E-state index >= 15 is 0 Å². The summed E-state index contributed by atoms with van der Waals surface area (Å²) in [6.07, 6.45) is 0. The minimum absolute atomic E-state index is 0.0156. The van der Waals surface area contributed by atoms with Crippen LogP contribution in [-0.4, -0.2) is 59.0 Å². The smallest absolute Gasteiger partial charge is 0.177 e. The Labute approximate surface area is 295 Å².